The van der Waals surface area contributed by atoms with Crippen LogP contribution in [0.5, 0.6) is 0 Å². The first-order valence-corrected chi connectivity index (χ1v) is 13.4. The van der Waals surface area contributed by atoms with E-state index in [1.165, 1.54) is 62.7 Å². The number of unbranched alkanes of at least 4 members (excludes halogenated alkanes) is 11. The number of rotatable bonds is 13. The van der Waals surface area contributed by atoms with Crippen LogP contribution < -0.4 is 5.32 Å². The van der Waals surface area contributed by atoms with Crippen LogP contribution in [0.4, 0.5) is 4.79 Å². The summed E-state index contributed by atoms with van der Waals surface area (Å²) >= 11 is 0. The molecule has 0 atom stereocenters. The monoisotopic (exact) mass is 463 g/mol. The predicted molar refractivity (Wildman–Crippen MR) is 134 cm³/mol. The third-order valence-corrected chi connectivity index (χ3v) is 7.48. The molecule has 1 spiro atoms. The van der Waals surface area contributed by atoms with Gasteiger partial charge in [-0.25, -0.2) is 4.79 Å². The van der Waals surface area contributed by atoms with Crippen molar-refractivity contribution in [3.05, 3.63) is 0 Å². The van der Waals surface area contributed by atoms with Gasteiger partial charge in [-0.3, -0.25) is 14.5 Å². The average molecular weight is 464 g/mol. The quantitative estimate of drug-likeness (QED) is 0.262. The van der Waals surface area contributed by atoms with Gasteiger partial charge in [-0.15, -0.1) is 0 Å². The SMILES string of the molecule is CCCCCCCCCCCCCCN1C(=O)NC2(CC(C)(C)N(C(C)=O)C(C)(C)C2)C1=O. The second-order valence-corrected chi connectivity index (χ2v) is 11.7. The van der Waals surface area contributed by atoms with Gasteiger partial charge in [-0.1, -0.05) is 77.6 Å². The second-order valence-electron chi connectivity index (χ2n) is 11.7. The summed E-state index contributed by atoms with van der Waals surface area (Å²) in [4.78, 5) is 41.8. The molecule has 1 N–H and O–H groups in total. The molecule has 6 heteroatoms. The molecule has 0 bridgehead atoms. The van der Waals surface area contributed by atoms with Crippen LogP contribution in [0.2, 0.25) is 0 Å². The van der Waals surface area contributed by atoms with Crippen LogP contribution in [0.15, 0.2) is 0 Å². The van der Waals surface area contributed by atoms with Crippen LogP contribution in [0, 0.1) is 0 Å². The van der Waals surface area contributed by atoms with Crippen LogP contribution in [0.3, 0.4) is 0 Å². The van der Waals surface area contributed by atoms with Crippen molar-refractivity contribution in [2.45, 2.75) is 148 Å². The van der Waals surface area contributed by atoms with E-state index in [2.05, 4.69) is 12.2 Å². The van der Waals surface area contributed by atoms with Crippen molar-refractivity contribution in [1.82, 2.24) is 15.1 Å². The highest BCUT2D eigenvalue weighted by molar-refractivity contribution is 6.07. The standard InChI is InChI=1S/C27H49N3O3/c1-7-8-9-10-11-12-13-14-15-16-17-18-19-29-23(32)27(28-24(29)33)20-25(3,4)30(22(2)31)26(5,6)21-27/h7-21H2,1-6H3,(H,28,33). The molecule has 0 aliphatic carbocycles. The van der Waals surface area contributed by atoms with E-state index in [0.717, 1.165) is 19.3 Å². The summed E-state index contributed by atoms with van der Waals surface area (Å²) in [5.74, 6) is -0.107. The molecule has 190 valence electrons. The van der Waals surface area contributed by atoms with Crippen LogP contribution in [0.1, 0.15) is 131 Å². The van der Waals surface area contributed by atoms with E-state index in [0.29, 0.717) is 19.4 Å². The molecule has 2 fully saturated rings. The largest absolute Gasteiger partial charge is 0.332 e. The van der Waals surface area contributed by atoms with E-state index < -0.39 is 16.6 Å². The summed E-state index contributed by atoms with van der Waals surface area (Å²) in [7, 11) is 0. The molecule has 0 unspecified atom stereocenters. The summed E-state index contributed by atoms with van der Waals surface area (Å²) in [6, 6.07) is -0.272. The maximum absolute atomic E-state index is 13.4. The Kier molecular flexibility index (Phi) is 9.81. The number of nitrogens with zero attached hydrogens (tertiary/aromatic N) is 2. The number of imide groups is 1. The van der Waals surface area contributed by atoms with E-state index in [9.17, 15) is 14.4 Å². The molecule has 6 nitrogen and oxygen atoms in total. The highest BCUT2D eigenvalue weighted by atomic mass is 16.2. The number of amides is 4. The smallest absolute Gasteiger partial charge is 0.325 e. The van der Waals surface area contributed by atoms with Crippen molar-refractivity contribution in [2.75, 3.05) is 6.54 Å². The Hall–Kier alpha value is -1.59. The Balaban J connectivity index is 1.76. The summed E-state index contributed by atoms with van der Waals surface area (Å²) in [5, 5.41) is 3.03. The molecule has 2 aliphatic heterocycles. The molecule has 2 rings (SSSR count). The maximum atomic E-state index is 13.4. The van der Waals surface area contributed by atoms with Crippen molar-refractivity contribution in [3.8, 4) is 0 Å². The summed E-state index contributed by atoms with van der Waals surface area (Å²) in [5.41, 5.74) is -1.93. The lowest BCUT2D eigenvalue weighted by molar-refractivity contribution is -0.156. The van der Waals surface area contributed by atoms with Gasteiger partial charge in [0.15, 0.2) is 0 Å². The number of carbonyl (C=O) groups excluding carboxylic acids is 3. The Labute approximate surface area is 202 Å². The molecule has 2 heterocycles. The van der Waals surface area contributed by atoms with Crippen LogP contribution in [0.25, 0.3) is 0 Å². The Morgan fingerprint density at radius 2 is 1.21 bits per heavy atom. The molecule has 0 saturated carbocycles. The highest BCUT2D eigenvalue weighted by Gasteiger charge is 2.61. The van der Waals surface area contributed by atoms with Gasteiger partial charge in [0.05, 0.1) is 0 Å². The molecule has 0 aromatic heterocycles. The summed E-state index contributed by atoms with van der Waals surface area (Å²) in [6.45, 7) is 12.3. The maximum Gasteiger partial charge on any atom is 0.325 e. The number of piperidine rings is 1. The third-order valence-electron chi connectivity index (χ3n) is 7.48. The zero-order chi connectivity index (χ0) is 24.7. The first-order valence-electron chi connectivity index (χ1n) is 13.4. The fraction of sp³-hybridized carbons (Fsp3) is 0.889. The van der Waals surface area contributed by atoms with Gasteiger partial charge in [0.1, 0.15) is 5.54 Å². The Bertz CT molecular complexity index is 668. The van der Waals surface area contributed by atoms with E-state index in [-0.39, 0.29) is 17.8 Å². The van der Waals surface area contributed by atoms with Gasteiger partial charge in [0.2, 0.25) is 5.91 Å². The molecular weight excluding hydrogens is 414 g/mol. The third kappa shape index (κ3) is 6.95. The summed E-state index contributed by atoms with van der Waals surface area (Å²) < 4.78 is 0. The van der Waals surface area contributed by atoms with Crippen molar-refractivity contribution in [1.29, 1.82) is 0 Å². The molecule has 2 aliphatic rings. The van der Waals surface area contributed by atoms with Gasteiger partial charge in [0, 0.05) is 37.4 Å². The van der Waals surface area contributed by atoms with Gasteiger partial charge in [-0.05, 0) is 34.1 Å². The zero-order valence-electron chi connectivity index (χ0n) is 22.2. The second kappa shape index (κ2) is 11.7. The van der Waals surface area contributed by atoms with Crippen molar-refractivity contribution in [2.24, 2.45) is 0 Å². The predicted octanol–water partition coefficient (Wildman–Crippen LogP) is 6.18. The lowest BCUT2D eigenvalue weighted by atomic mass is 9.69. The number of hydrogen-bond acceptors (Lipinski definition) is 3. The Morgan fingerprint density at radius 3 is 1.64 bits per heavy atom. The topological polar surface area (TPSA) is 69.7 Å². The minimum absolute atomic E-state index is 0.00460. The van der Waals surface area contributed by atoms with E-state index >= 15 is 0 Å². The molecule has 33 heavy (non-hydrogen) atoms. The molecule has 4 amide bonds. The summed E-state index contributed by atoms with van der Waals surface area (Å²) in [6.07, 6.45) is 16.0. The fourth-order valence-electron chi connectivity index (χ4n) is 6.60. The van der Waals surface area contributed by atoms with Crippen molar-refractivity contribution in [3.63, 3.8) is 0 Å². The highest BCUT2D eigenvalue weighted by Crippen LogP contribution is 2.46. The number of carbonyl (C=O) groups is 3. The first-order chi connectivity index (χ1) is 15.5. The van der Waals surface area contributed by atoms with Crippen LogP contribution in [-0.2, 0) is 9.59 Å². The van der Waals surface area contributed by atoms with Gasteiger partial charge >= 0.3 is 6.03 Å². The number of likely N-dealkylation sites (tertiary alicyclic amines) is 1. The number of nitrogens with one attached hydrogen (secondary N) is 1. The number of hydrogen-bond donors (Lipinski definition) is 1. The van der Waals surface area contributed by atoms with Gasteiger partial charge in [0.25, 0.3) is 5.91 Å². The van der Waals surface area contributed by atoms with Crippen molar-refractivity contribution >= 4 is 17.8 Å². The van der Waals surface area contributed by atoms with Crippen LogP contribution >= 0.6 is 0 Å². The molecule has 0 aromatic rings. The zero-order valence-corrected chi connectivity index (χ0v) is 22.2. The molecule has 0 radical (unpaired) electrons. The van der Waals surface area contributed by atoms with Crippen LogP contribution in [-0.4, -0.2) is 50.8 Å². The van der Waals surface area contributed by atoms with Crippen molar-refractivity contribution < 1.29 is 14.4 Å². The number of urea groups is 1. The molecule has 0 aromatic carbocycles. The lowest BCUT2D eigenvalue weighted by Gasteiger charge is -2.57. The molecular formula is C27H49N3O3. The lowest BCUT2D eigenvalue weighted by Crippen LogP contribution is -2.70. The average Bonchev–Trinajstić information content (AvgIpc) is 2.89. The van der Waals surface area contributed by atoms with E-state index in [4.69, 9.17) is 0 Å². The fourth-order valence-corrected chi connectivity index (χ4v) is 6.60. The van der Waals surface area contributed by atoms with E-state index in [1.807, 2.05) is 32.6 Å². The minimum Gasteiger partial charge on any atom is -0.332 e. The minimum atomic E-state index is -0.910. The first kappa shape index (κ1) is 27.7. The Morgan fingerprint density at radius 1 is 0.788 bits per heavy atom. The van der Waals surface area contributed by atoms with Gasteiger partial charge < -0.3 is 10.2 Å². The normalized spacial score (nSPS) is 21.0. The van der Waals surface area contributed by atoms with E-state index in [1.54, 1.807) is 6.92 Å². The molecule has 2 saturated heterocycles. The van der Waals surface area contributed by atoms with Gasteiger partial charge in [-0.2, -0.15) is 0 Å².